The first-order valence-corrected chi connectivity index (χ1v) is 5.09. The zero-order valence-electron chi connectivity index (χ0n) is 9.53. The highest BCUT2D eigenvalue weighted by molar-refractivity contribution is 5.95. The molecule has 3 N–H and O–H groups in total. The number of aryl methyl sites for hydroxylation is 1. The van der Waals surface area contributed by atoms with Crippen LogP contribution in [-0.4, -0.2) is 11.9 Å². The molecule has 0 aliphatic rings. The Kier molecular flexibility index (Phi) is 4.28. The number of carbonyl (C=O) groups is 1. The van der Waals surface area contributed by atoms with Gasteiger partial charge in [0.1, 0.15) is 0 Å². The molecule has 0 aromatic heterocycles. The fourth-order valence-electron chi connectivity index (χ4n) is 1.27. The lowest BCUT2D eigenvalue weighted by Crippen LogP contribution is -2.35. The third-order valence-electron chi connectivity index (χ3n) is 2.30. The highest BCUT2D eigenvalue weighted by Crippen LogP contribution is 2.16. The highest BCUT2D eigenvalue weighted by Gasteiger charge is 2.13. The molecule has 1 atom stereocenters. The Morgan fingerprint density at radius 1 is 1.65 bits per heavy atom. The predicted octanol–water partition coefficient (Wildman–Crippen LogP) is 1.16. The van der Waals surface area contributed by atoms with Crippen molar-refractivity contribution in [2.24, 2.45) is 5.73 Å². The fraction of sp³-hybridized carbons (Fsp3) is 0.231. The third-order valence-corrected chi connectivity index (χ3v) is 2.30. The third kappa shape index (κ3) is 3.34. The lowest BCUT2D eigenvalue weighted by molar-refractivity contribution is -0.117. The van der Waals surface area contributed by atoms with Gasteiger partial charge in [-0.05, 0) is 24.6 Å². The molecule has 0 saturated heterocycles. The van der Waals surface area contributed by atoms with Crippen LogP contribution in [0.1, 0.15) is 17.5 Å². The van der Waals surface area contributed by atoms with Crippen LogP contribution in [0.4, 0.5) is 5.69 Å². The van der Waals surface area contributed by atoms with Gasteiger partial charge in [-0.2, -0.15) is 5.26 Å². The topological polar surface area (TPSA) is 78.9 Å². The normalized spacial score (nSPS) is 11.1. The Morgan fingerprint density at radius 3 is 2.94 bits per heavy atom. The summed E-state index contributed by atoms with van der Waals surface area (Å²) in [6.07, 6.45) is 5.27. The fourth-order valence-corrected chi connectivity index (χ4v) is 1.27. The molecule has 4 nitrogen and oxygen atoms in total. The summed E-state index contributed by atoms with van der Waals surface area (Å²) < 4.78 is 0. The summed E-state index contributed by atoms with van der Waals surface area (Å²) in [5, 5.41) is 11.4. The van der Waals surface area contributed by atoms with Crippen molar-refractivity contribution in [1.29, 1.82) is 5.26 Å². The second-order valence-corrected chi connectivity index (χ2v) is 3.65. The Labute approximate surface area is 100 Å². The summed E-state index contributed by atoms with van der Waals surface area (Å²) in [6.45, 7) is 1.84. The van der Waals surface area contributed by atoms with Gasteiger partial charge in [-0.15, -0.1) is 12.3 Å². The van der Waals surface area contributed by atoms with E-state index in [4.69, 9.17) is 17.4 Å². The van der Waals surface area contributed by atoms with Crippen LogP contribution in [0.15, 0.2) is 18.2 Å². The summed E-state index contributed by atoms with van der Waals surface area (Å²) in [6, 6.07) is 6.33. The van der Waals surface area contributed by atoms with Gasteiger partial charge in [-0.25, -0.2) is 0 Å². The van der Waals surface area contributed by atoms with Crippen molar-refractivity contribution in [1.82, 2.24) is 0 Å². The molecule has 0 radical (unpaired) electrons. The van der Waals surface area contributed by atoms with E-state index < -0.39 is 6.04 Å². The molecule has 86 valence electrons. The van der Waals surface area contributed by atoms with Gasteiger partial charge in [0.2, 0.25) is 5.91 Å². The molecule has 0 aliphatic carbocycles. The molecule has 0 saturated carbocycles. The Bertz CT molecular complexity index is 508. The molecule has 0 fully saturated rings. The van der Waals surface area contributed by atoms with E-state index in [2.05, 4.69) is 11.2 Å². The number of nitrogens with one attached hydrogen (secondary N) is 1. The van der Waals surface area contributed by atoms with Gasteiger partial charge in [-0.3, -0.25) is 4.79 Å². The molecule has 0 heterocycles. The Balaban J connectivity index is 2.85. The van der Waals surface area contributed by atoms with Gasteiger partial charge in [0.25, 0.3) is 0 Å². The first-order chi connectivity index (χ1) is 8.08. The molecule has 17 heavy (non-hydrogen) atoms. The highest BCUT2D eigenvalue weighted by atomic mass is 16.2. The van der Waals surface area contributed by atoms with Crippen LogP contribution in [0.2, 0.25) is 0 Å². The number of nitrogens with zero attached hydrogens (tertiary/aromatic N) is 1. The van der Waals surface area contributed by atoms with E-state index in [1.807, 2.05) is 13.0 Å². The molecule has 1 aromatic rings. The molecule has 1 unspecified atom stereocenters. The molecule has 1 aromatic carbocycles. The van der Waals surface area contributed by atoms with E-state index in [9.17, 15) is 4.79 Å². The minimum absolute atomic E-state index is 0.183. The SMILES string of the molecule is C#CCC(N)C(=O)Nc1cc(C#N)ccc1C. The minimum atomic E-state index is -0.731. The summed E-state index contributed by atoms with van der Waals surface area (Å²) in [5.74, 6) is 1.99. The van der Waals surface area contributed by atoms with E-state index in [-0.39, 0.29) is 12.3 Å². The van der Waals surface area contributed by atoms with Gasteiger partial charge >= 0.3 is 0 Å². The number of benzene rings is 1. The number of anilines is 1. The number of hydrogen-bond acceptors (Lipinski definition) is 3. The maximum absolute atomic E-state index is 11.6. The number of rotatable bonds is 3. The lowest BCUT2D eigenvalue weighted by Gasteiger charge is -2.11. The van der Waals surface area contributed by atoms with E-state index in [1.165, 1.54) is 0 Å². The Hall–Kier alpha value is -2.30. The molecule has 0 spiro atoms. The molecule has 1 amide bonds. The number of amides is 1. The van der Waals surface area contributed by atoms with Gasteiger partial charge in [0.15, 0.2) is 0 Å². The smallest absolute Gasteiger partial charge is 0.242 e. The van der Waals surface area contributed by atoms with Crippen molar-refractivity contribution in [2.45, 2.75) is 19.4 Å². The summed E-state index contributed by atoms with van der Waals surface area (Å²) >= 11 is 0. The molecular weight excluding hydrogens is 214 g/mol. The van der Waals surface area contributed by atoms with Crippen LogP contribution < -0.4 is 11.1 Å². The average molecular weight is 227 g/mol. The largest absolute Gasteiger partial charge is 0.324 e. The first-order valence-electron chi connectivity index (χ1n) is 5.09. The standard InChI is InChI=1S/C13H13N3O/c1-3-4-11(15)13(17)16-12-7-10(8-14)6-5-9(12)2/h1,5-7,11H,4,15H2,2H3,(H,16,17). The van der Waals surface area contributed by atoms with Crippen LogP contribution >= 0.6 is 0 Å². The van der Waals surface area contributed by atoms with Crippen molar-refractivity contribution in [3.05, 3.63) is 29.3 Å². The Morgan fingerprint density at radius 2 is 2.35 bits per heavy atom. The van der Waals surface area contributed by atoms with Gasteiger partial charge in [0.05, 0.1) is 17.7 Å². The van der Waals surface area contributed by atoms with Gasteiger partial charge < -0.3 is 11.1 Å². The monoisotopic (exact) mass is 227 g/mol. The van der Waals surface area contributed by atoms with Crippen LogP contribution in [0.5, 0.6) is 0 Å². The molecular formula is C13H13N3O. The molecule has 0 aliphatic heterocycles. The van der Waals surface area contributed by atoms with E-state index >= 15 is 0 Å². The zero-order valence-corrected chi connectivity index (χ0v) is 9.53. The quantitative estimate of drug-likeness (QED) is 0.760. The average Bonchev–Trinajstić information content (AvgIpc) is 2.32. The van der Waals surface area contributed by atoms with Crippen molar-refractivity contribution in [3.63, 3.8) is 0 Å². The second-order valence-electron chi connectivity index (χ2n) is 3.65. The number of nitriles is 1. The number of carbonyl (C=O) groups excluding carboxylic acids is 1. The zero-order chi connectivity index (χ0) is 12.8. The summed E-state index contributed by atoms with van der Waals surface area (Å²) in [4.78, 5) is 11.6. The lowest BCUT2D eigenvalue weighted by atomic mass is 10.1. The van der Waals surface area contributed by atoms with E-state index in [1.54, 1.807) is 18.2 Å². The van der Waals surface area contributed by atoms with Crippen LogP contribution in [0, 0.1) is 30.6 Å². The summed E-state index contributed by atoms with van der Waals surface area (Å²) in [7, 11) is 0. The number of nitrogens with two attached hydrogens (primary N) is 1. The van der Waals surface area contributed by atoms with Crippen molar-refractivity contribution in [3.8, 4) is 18.4 Å². The van der Waals surface area contributed by atoms with Crippen molar-refractivity contribution < 1.29 is 4.79 Å². The van der Waals surface area contributed by atoms with E-state index in [0.717, 1.165) is 5.56 Å². The van der Waals surface area contributed by atoms with E-state index in [0.29, 0.717) is 11.3 Å². The maximum atomic E-state index is 11.6. The van der Waals surface area contributed by atoms with Gasteiger partial charge in [0, 0.05) is 12.1 Å². The number of hydrogen-bond donors (Lipinski definition) is 2. The second kappa shape index (κ2) is 5.69. The molecule has 4 heteroatoms. The molecule has 1 rings (SSSR count). The van der Waals surface area contributed by atoms with Crippen molar-refractivity contribution in [2.75, 3.05) is 5.32 Å². The first kappa shape index (κ1) is 12.8. The van der Waals surface area contributed by atoms with Crippen LogP contribution in [-0.2, 0) is 4.79 Å². The predicted molar refractivity (Wildman–Crippen MR) is 65.9 cm³/mol. The van der Waals surface area contributed by atoms with Crippen LogP contribution in [0.25, 0.3) is 0 Å². The van der Waals surface area contributed by atoms with Gasteiger partial charge in [-0.1, -0.05) is 6.07 Å². The van der Waals surface area contributed by atoms with Crippen molar-refractivity contribution >= 4 is 11.6 Å². The summed E-state index contributed by atoms with van der Waals surface area (Å²) in [5.41, 5.74) is 7.51. The maximum Gasteiger partial charge on any atom is 0.242 e. The number of terminal acetylenes is 1. The minimum Gasteiger partial charge on any atom is -0.324 e. The van der Waals surface area contributed by atoms with Crippen LogP contribution in [0.3, 0.4) is 0 Å². The molecule has 0 bridgehead atoms.